The molecule has 0 aromatic heterocycles. The van der Waals surface area contributed by atoms with Crippen LogP contribution in [0.25, 0.3) is 0 Å². The van der Waals surface area contributed by atoms with Gasteiger partial charge in [0.05, 0.1) is 6.54 Å². The number of hydrogen-bond acceptors (Lipinski definition) is 2. The fraction of sp³-hybridized carbons (Fsp3) is 0.308. The van der Waals surface area contributed by atoms with Crippen molar-refractivity contribution in [3.05, 3.63) is 42.7 Å². The van der Waals surface area contributed by atoms with Crippen molar-refractivity contribution in [2.45, 2.75) is 0 Å². The van der Waals surface area contributed by atoms with E-state index in [1.807, 2.05) is 0 Å². The van der Waals surface area contributed by atoms with E-state index in [1.54, 1.807) is 25.3 Å². The van der Waals surface area contributed by atoms with E-state index in [0.29, 0.717) is 31.4 Å². The Kier molecular flexibility index (Phi) is 9.87. The minimum absolute atomic E-state index is 0. The maximum Gasteiger partial charge on any atom is 0.191 e. The van der Waals surface area contributed by atoms with Crippen LogP contribution in [0.1, 0.15) is 0 Å². The standard InChI is InChI=1S/C13H18FN3O.HI/c1-3-7-16-13(15-2)17-8-9-18-12-6-4-5-11(14)10-12;/h3-6,10H,1,7-9H2,2H3,(H2,15,16,17);1H. The molecule has 0 aliphatic carbocycles. The van der Waals surface area contributed by atoms with Crippen molar-refractivity contribution in [1.29, 1.82) is 0 Å². The Labute approximate surface area is 130 Å². The molecule has 4 nitrogen and oxygen atoms in total. The van der Waals surface area contributed by atoms with Crippen molar-refractivity contribution in [2.24, 2.45) is 4.99 Å². The molecule has 1 rings (SSSR count). The number of ether oxygens (including phenoxy) is 1. The molecule has 0 radical (unpaired) electrons. The normalized spacial score (nSPS) is 10.3. The molecule has 0 saturated heterocycles. The van der Waals surface area contributed by atoms with Gasteiger partial charge in [0.1, 0.15) is 18.2 Å². The zero-order valence-electron chi connectivity index (χ0n) is 10.9. The summed E-state index contributed by atoms with van der Waals surface area (Å²) in [5, 5.41) is 6.09. The average Bonchev–Trinajstić information content (AvgIpc) is 2.38. The van der Waals surface area contributed by atoms with Gasteiger partial charge >= 0.3 is 0 Å². The van der Waals surface area contributed by atoms with Crippen molar-refractivity contribution < 1.29 is 9.13 Å². The van der Waals surface area contributed by atoms with Gasteiger partial charge < -0.3 is 15.4 Å². The lowest BCUT2D eigenvalue weighted by molar-refractivity contribution is 0.320. The average molecular weight is 379 g/mol. The van der Waals surface area contributed by atoms with Crippen molar-refractivity contribution in [3.8, 4) is 5.75 Å². The van der Waals surface area contributed by atoms with E-state index in [0.717, 1.165) is 0 Å². The highest BCUT2D eigenvalue weighted by molar-refractivity contribution is 14.0. The molecule has 0 unspecified atom stereocenters. The molecule has 2 N–H and O–H groups in total. The second-order valence-corrected chi connectivity index (χ2v) is 3.47. The predicted molar refractivity (Wildman–Crippen MR) is 86.9 cm³/mol. The van der Waals surface area contributed by atoms with Gasteiger partial charge in [-0.1, -0.05) is 12.1 Å². The van der Waals surface area contributed by atoms with Crippen LogP contribution < -0.4 is 15.4 Å². The quantitative estimate of drug-likeness (QED) is 0.262. The molecule has 106 valence electrons. The van der Waals surface area contributed by atoms with Crippen LogP contribution in [0.4, 0.5) is 4.39 Å². The van der Waals surface area contributed by atoms with Crippen molar-refractivity contribution in [2.75, 3.05) is 26.7 Å². The van der Waals surface area contributed by atoms with Gasteiger partial charge in [-0.15, -0.1) is 30.6 Å². The van der Waals surface area contributed by atoms with E-state index in [4.69, 9.17) is 4.74 Å². The number of aliphatic imine (C=N–C) groups is 1. The zero-order chi connectivity index (χ0) is 13.2. The van der Waals surface area contributed by atoms with Crippen LogP contribution in [0.3, 0.4) is 0 Å². The Bertz CT molecular complexity index is 413. The summed E-state index contributed by atoms with van der Waals surface area (Å²) < 4.78 is 18.2. The molecule has 6 heteroatoms. The molecule has 0 heterocycles. The first kappa shape index (κ1) is 17.7. The van der Waals surface area contributed by atoms with Gasteiger partial charge in [0, 0.05) is 19.7 Å². The lowest BCUT2D eigenvalue weighted by atomic mass is 10.3. The fourth-order valence-corrected chi connectivity index (χ4v) is 1.28. The van der Waals surface area contributed by atoms with Gasteiger partial charge in [-0.2, -0.15) is 0 Å². The summed E-state index contributed by atoms with van der Waals surface area (Å²) in [7, 11) is 1.69. The summed E-state index contributed by atoms with van der Waals surface area (Å²) in [6.45, 7) is 5.25. The van der Waals surface area contributed by atoms with E-state index in [2.05, 4.69) is 22.2 Å². The third-order valence-electron chi connectivity index (χ3n) is 2.10. The molecule has 0 spiro atoms. The third kappa shape index (κ3) is 7.66. The lowest BCUT2D eigenvalue weighted by Gasteiger charge is -2.11. The number of nitrogens with zero attached hydrogens (tertiary/aromatic N) is 1. The molecule has 0 saturated carbocycles. The van der Waals surface area contributed by atoms with Crippen LogP contribution in [-0.2, 0) is 0 Å². The molecule has 1 aromatic rings. The first-order chi connectivity index (χ1) is 8.76. The molecular weight excluding hydrogens is 360 g/mol. The number of benzene rings is 1. The molecule has 0 aliphatic rings. The summed E-state index contributed by atoms with van der Waals surface area (Å²) in [6, 6.07) is 6.06. The predicted octanol–water partition coefficient (Wildman–Crippen LogP) is 2.17. The number of nitrogens with one attached hydrogen (secondary N) is 2. The first-order valence-corrected chi connectivity index (χ1v) is 5.70. The maximum atomic E-state index is 12.9. The Morgan fingerprint density at radius 1 is 1.47 bits per heavy atom. The number of hydrogen-bond donors (Lipinski definition) is 2. The molecular formula is C13H19FIN3O. The maximum absolute atomic E-state index is 12.9. The van der Waals surface area contributed by atoms with Crippen LogP contribution in [0.5, 0.6) is 5.75 Å². The van der Waals surface area contributed by atoms with Crippen LogP contribution in [0.15, 0.2) is 41.9 Å². The van der Waals surface area contributed by atoms with Crippen molar-refractivity contribution in [3.63, 3.8) is 0 Å². The van der Waals surface area contributed by atoms with Crippen LogP contribution in [-0.4, -0.2) is 32.7 Å². The Balaban J connectivity index is 0.00000324. The molecule has 0 fully saturated rings. The molecule has 0 amide bonds. The van der Waals surface area contributed by atoms with Gasteiger partial charge in [-0.3, -0.25) is 4.99 Å². The van der Waals surface area contributed by atoms with E-state index in [1.165, 1.54) is 12.1 Å². The summed E-state index contributed by atoms with van der Waals surface area (Å²) in [6.07, 6.45) is 1.75. The number of halogens is 2. The lowest BCUT2D eigenvalue weighted by Crippen LogP contribution is -2.39. The van der Waals surface area contributed by atoms with E-state index in [9.17, 15) is 4.39 Å². The Morgan fingerprint density at radius 2 is 2.26 bits per heavy atom. The number of guanidine groups is 1. The molecule has 0 bridgehead atoms. The van der Waals surface area contributed by atoms with Gasteiger partial charge in [-0.05, 0) is 12.1 Å². The summed E-state index contributed by atoms with van der Waals surface area (Å²) in [5.74, 6) is 0.896. The minimum Gasteiger partial charge on any atom is -0.492 e. The van der Waals surface area contributed by atoms with Crippen LogP contribution in [0, 0.1) is 5.82 Å². The smallest absolute Gasteiger partial charge is 0.191 e. The van der Waals surface area contributed by atoms with Crippen molar-refractivity contribution in [1.82, 2.24) is 10.6 Å². The summed E-state index contributed by atoms with van der Waals surface area (Å²) >= 11 is 0. The molecule has 0 atom stereocenters. The van der Waals surface area contributed by atoms with Crippen LogP contribution >= 0.6 is 24.0 Å². The second-order valence-electron chi connectivity index (χ2n) is 3.47. The SMILES string of the molecule is C=CCNC(=NC)NCCOc1cccc(F)c1.I. The third-order valence-corrected chi connectivity index (χ3v) is 2.10. The second kappa shape index (κ2) is 10.6. The van der Waals surface area contributed by atoms with Gasteiger partial charge in [0.2, 0.25) is 0 Å². The Hall–Kier alpha value is -1.31. The van der Waals surface area contributed by atoms with Gasteiger partial charge in [0.25, 0.3) is 0 Å². The van der Waals surface area contributed by atoms with Gasteiger partial charge in [0.15, 0.2) is 5.96 Å². The summed E-state index contributed by atoms with van der Waals surface area (Å²) in [4.78, 5) is 4.02. The van der Waals surface area contributed by atoms with E-state index in [-0.39, 0.29) is 29.8 Å². The molecule has 1 aromatic carbocycles. The monoisotopic (exact) mass is 379 g/mol. The highest BCUT2D eigenvalue weighted by atomic mass is 127. The van der Waals surface area contributed by atoms with E-state index >= 15 is 0 Å². The van der Waals surface area contributed by atoms with Gasteiger partial charge in [-0.25, -0.2) is 4.39 Å². The highest BCUT2D eigenvalue weighted by Crippen LogP contribution is 2.11. The Morgan fingerprint density at radius 3 is 2.89 bits per heavy atom. The molecule has 0 aliphatic heterocycles. The minimum atomic E-state index is -0.302. The van der Waals surface area contributed by atoms with E-state index < -0.39 is 0 Å². The highest BCUT2D eigenvalue weighted by Gasteiger charge is 1.97. The fourth-order valence-electron chi connectivity index (χ4n) is 1.28. The topological polar surface area (TPSA) is 45.7 Å². The van der Waals surface area contributed by atoms with Crippen LogP contribution in [0.2, 0.25) is 0 Å². The zero-order valence-corrected chi connectivity index (χ0v) is 13.2. The summed E-state index contributed by atoms with van der Waals surface area (Å²) in [5.41, 5.74) is 0. The van der Waals surface area contributed by atoms with Crippen molar-refractivity contribution >= 4 is 29.9 Å². The number of rotatable bonds is 6. The first-order valence-electron chi connectivity index (χ1n) is 5.70. The largest absolute Gasteiger partial charge is 0.492 e. The molecule has 19 heavy (non-hydrogen) atoms.